The largest absolute Gasteiger partial charge is 0.462 e. The number of para-hydroxylation sites is 2. The van der Waals surface area contributed by atoms with E-state index >= 15 is 0 Å². The summed E-state index contributed by atoms with van der Waals surface area (Å²) in [7, 11) is 0. The van der Waals surface area contributed by atoms with Crippen molar-refractivity contribution in [3.8, 4) is 11.5 Å². The van der Waals surface area contributed by atoms with E-state index < -0.39 is 11.9 Å². The molecular formula is C23H23NO5. The summed E-state index contributed by atoms with van der Waals surface area (Å²) in [4.78, 5) is 27.7. The van der Waals surface area contributed by atoms with Crippen molar-refractivity contribution in [2.75, 3.05) is 6.61 Å². The van der Waals surface area contributed by atoms with Crippen molar-refractivity contribution in [3.05, 3.63) is 82.7 Å². The maximum absolute atomic E-state index is 12.6. The average molecular weight is 393 g/mol. The zero-order valence-corrected chi connectivity index (χ0v) is 16.7. The molecule has 0 unspecified atom stereocenters. The normalized spacial score (nSPS) is 10.4. The lowest BCUT2D eigenvalue weighted by molar-refractivity contribution is 0.0463. The fourth-order valence-electron chi connectivity index (χ4n) is 3.02. The second-order valence-electron chi connectivity index (χ2n) is 6.44. The fraction of sp³-hybridized carbons (Fsp3) is 0.217. The van der Waals surface area contributed by atoms with E-state index in [0.717, 1.165) is 5.56 Å². The van der Waals surface area contributed by atoms with Crippen LogP contribution in [0.15, 0.2) is 54.6 Å². The lowest BCUT2D eigenvalue weighted by Crippen LogP contribution is -2.09. The van der Waals surface area contributed by atoms with Crippen molar-refractivity contribution in [2.45, 2.75) is 27.4 Å². The van der Waals surface area contributed by atoms with Crippen molar-refractivity contribution in [1.29, 1.82) is 0 Å². The molecule has 0 amide bonds. The third kappa shape index (κ3) is 4.66. The van der Waals surface area contributed by atoms with Crippen LogP contribution in [0, 0.1) is 13.8 Å². The van der Waals surface area contributed by atoms with E-state index in [2.05, 4.69) is 4.98 Å². The van der Waals surface area contributed by atoms with Gasteiger partial charge in [0.1, 0.15) is 23.8 Å². The predicted molar refractivity (Wildman–Crippen MR) is 108 cm³/mol. The maximum Gasteiger partial charge on any atom is 0.355 e. The molecule has 0 saturated carbocycles. The maximum atomic E-state index is 12.6. The molecule has 0 radical (unpaired) electrons. The van der Waals surface area contributed by atoms with E-state index in [-0.39, 0.29) is 18.9 Å². The number of hydrogen-bond acceptors (Lipinski definition) is 5. The summed E-state index contributed by atoms with van der Waals surface area (Å²) in [5.74, 6) is 0.300. The van der Waals surface area contributed by atoms with Gasteiger partial charge in [0, 0.05) is 11.3 Å². The molecule has 1 N–H and O–H groups in total. The Balaban J connectivity index is 1.74. The molecule has 0 aliphatic heterocycles. The Hall–Kier alpha value is -3.54. The minimum atomic E-state index is -0.546. The van der Waals surface area contributed by atoms with Gasteiger partial charge < -0.3 is 19.2 Å². The minimum absolute atomic E-state index is 0.0358. The fourth-order valence-corrected chi connectivity index (χ4v) is 3.02. The van der Waals surface area contributed by atoms with Gasteiger partial charge >= 0.3 is 11.9 Å². The Morgan fingerprint density at radius 1 is 0.897 bits per heavy atom. The summed E-state index contributed by atoms with van der Waals surface area (Å²) in [5, 5.41) is 0. The molecular weight excluding hydrogens is 370 g/mol. The SMILES string of the molecule is CCOC(=O)c1c(C)[nH]c(C(=O)OCc2ccccc2Oc2ccccc2)c1C. The zero-order chi connectivity index (χ0) is 20.8. The van der Waals surface area contributed by atoms with Crippen LogP contribution >= 0.6 is 0 Å². The molecule has 0 aliphatic carbocycles. The highest BCUT2D eigenvalue weighted by Gasteiger charge is 2.24. The smallest absolute Gasteiger partial charge is 0.355 e. The Bertz CT molecular complexity index is 1010. The van der Waals surface area contributed by atoms with Crippen LogP contribution in [0.1, 0.15) is 44.6 Å². The summed E-state index contributed by atoms with van der Waals surface area (Å²) < 4.78 is 16.4. The number of benzene rings is 2. The van der Waals surface area contributed by atoms with Crippen molar-refractivity contribution < 1.29 is 23.8 Å². The Morgan fingerprint density at radius 2 is 1.59 bits per heavy atom. The highest BCUT2D eigenvalue weighted by molar-refractivity contribution is 5.98. The van der Waals surface area contributed by atoms with Crippen molar-refractivity contribution in [1.82, 2.24) is 4.98 Å². The number of aromatic nitrogens is 1. The van der Waals surface area contributed by atoms with E-state index in [1.54, 1.807) is 20.8 Å². The molecule has 6 nitrogen and oxygen atoms in total. The third-order valence-electron chi connectivity index (χ3n) is 4.42. The van der Waals surface area contributed by atoms with Gasteiger partial charge in [-0.3, -0.25) is 0 Å². The van der Waals surface area contributed by atoms with Crippen LogP contribution in [0.25, 0.3) is 0 Å². The molecule has 0 spiro atoms. The number of carbonyl (C=O) groups is 2. The van der Waals surface area contributed by atoms with Gasteiger partial charge in [-0.1, -0.05) is 36.4 Å². The predicted octanol–water partition coefficient (Wildman–Crippen LogP) is 4.96. The minimum Gasteiger partial charge on any atom is -0.462 e. The van der Waals surface area contributed by atoms with Gasteiger partial charge in [0.25, 0.3) is 0 Å². The highest BCUT2D eigenvalue weighted by Crippen LogP contribution is 2.26. The molecule has 3 aromatic rings. The van der Waals surface area contributed by atoms with Gasteiger partial charge in [-0.2, -0.15) is 0 Å². The lowest BCUT2D eigenvalue weighted by Gasteiger charge is -2.11. The standard InChI is InChI=1S/C23H23NO5/c1-4-27-22(25)20-15(2)21(24-16(20)3)23(26)28-14-17-10-8-9-13-19(17)29-18-11-6-5-7-12-18/h5-13,24H,4,14H2,1-3H3. The van der Waals surface area contributed by atoms with Gasteiger partial charge in [0.2, 0.25) is 0 Å². The molecule has 0 atom stereocenters. The number of rotatable bonds is 7. The first kappa shape index (κ1) is 20.2. The molecule has 6 heteroatoms. The topological polar surface area (TPSA) is 77.6 Å². The molecule has 0 bridgehead atoms. The van der Waals surface area contributed by atoms with E-state index in [1.165, 1.54) is 0 Å². The van der Waals surface area contributed by atoms with Crippen LogP contribution in [0.3, 0.4) is 0 Å². The molecule has 150 valence electrons. The monoisotopic (exact) mass is 393 g/mol. The lowest BCUT2D eigenvalue weighted by atomic mass is 10.1. The van der Waals surface area contributed by atoms with Crippen LogP contribution in [0.2, 0.25) is 0 Å². The van der Waals surface area contributed by atoms with Gasteiger partial charge in [0.15, 0.2) is 0 Å². The number of aromatic amines is 1. The summed E-state index contributed by atoms with van der Waals surface area (Å²) in [6.07, 6.45) is 0. The van der Waals surface area contributed by atoms with Crippen LogP contribution < -0.4 is 4.74 Å². The van der Waals surface area contributed by atoms with Crippen LogP contribution in [0.4, 0.5) is 0 Å². The number of hydrogen-bond donors (Lipinski definition) is 1. The van der Waals surface area contributed by atoms with Gasteiger partial charge in [-0.05, 0) is 44.5 Å². The number of H-pyrrole nitrogens is 1. The van der Waals surface area contributed by atoms with Crippen molar-refractivity contribution >= 4 is 11.9 Å². The summed E-state index contributed by atoms with van der Waals surface area (Å²) >= 11 is 0. The highest BCUT2D eigenvalue weighted by atomic mass is 16.5. The second kappa shape index (κ2) is 9.10. The zero-order valence-electron chi connectivity index (χ0n) is 16.7. The number of carbonyl (C=O) groups excluding carboxylic acids is 2. The number of ether oxygens (including phenoxy) is 3. The van der Waals surface area contributed by atoms with Gasteiger partial charge in [-0.25, -0.2) is 9.59 Å². The Kier molecular flexibility index (Phi) is 6.34. The van der Waals surface area contributed by atoms with Crippen LogP contribution in [-0.4, -0.2) is 23.5 Å². The molecule has 0 aliphatic rings. The Morgan fingerprint density at radius 3 is 2.31 bits per heavy atom. The Labute approximate surface area is 169 Å². The summed E-state index contributed by atoms with van der Waals surface area (Å²) in [5.41, 5.74) is 2.43. The molecule has 0 saturated heterocycles. The van der Waals surface area contributed by atoms with Crippen LogP contribution in [-0.2, 0) is 16.1 Å². The number of aryl methyl sites for hydroxylation is 1. The first-order chi connectivity index (χ1) is 14.0. The molecule has 0 fully saturated rings. The molecule has 1 heterocycles. The van der Waals surface area contributed by atoms with E-state index in [4.69, 9.17) is 14.2 Å². The van der Waals surface area contributed by atoms with Gasteiger partial charge in [0.05, 0.1) is 12.2 Å². The van der Waals surface area contributed by atoms with Crippen LogP contribution in [0.5, 0.6) is 11.5 Å². The molecule has 1 aromatic heterocycles. The molecule has 3 rings (SSSR count). The van der Waals surface area contributed by atoms with Crippen molar-refractivity contribution in [3.63, 3.8) is 0 Å². The summed E-state index contributed by atoms with van der Waals surface area (Å²) in [6, 6.07) is 16.7. The third-order valence-corrected chi connectivity index (χ3v) is 4.42. The molecule has 29 heavy (non-hydrogen) atoms. The quantitative estimate of drug-likeness (QED) is 0.574. The first-order valence-electron chi connectivity index (χ1n) is 9.35. The molecule has 2 aromatic carbocycles. The first-order valence-corrected chi connectivity index (χ1v) is 9.35. The van der Waals surface area contributed by atoms with E-state index in [0.29, 0.717) is 28.3 Å². The van der Waals surface area contributed by atoms with E-state index in [1.807, 2.05) is 54.6 Å². The van der Waals surface area contributed by atoms with E-state index in [9.17, 15) is 9.59 Å². The summed E-state index contributed by atoms with van der Waals surface area (Å²) in [6.45, 7) is 5.45. The second-order valence-corrected chi connectivity index (χ2v) is 6.44. The average Bonchev–Trinajstić information content (AvgIpc) is 3.02. The van der Waals surface area contributed by atoms with Crippen molar-refractivity contribution in [2.24, 2.45) is 0 Å². The number of nitrogens with one attached hydrogen (secondary N) is 1. The number of esters is 2. The van der Waals surface area contributed by atoms with Gasteiger partial charge in [-0.15, -0.1) is 0 Å².